The molecule has 150 valence electrons. The first kappa shape index (κ1) is 19.4. The maximum Gasteiger partial charge on any atom is 0.416 e. The summed E-state index contributed by atoms with van der Waals surface area (Å²) >= 11 is 1.49. The van der Waals surface area contributed by atoms with Crippen LogP contribution in [-0.4, -0.2) is 35.1 Å². The highest BCUT2D eigenvalue weighted by atomic mass is 32.1. The van der Waals surface area contributed by atoms with E-state index in [1.165, 1.54) is 23.5 Å². The van der Waals surface area contributed by atoms with Crippen molar-refractivity contribution < 1.29 is 22.4 Å². The number of aryl methyl sites for hydroxylation is 1. The van der Waals surface area contributed by atoms with Crippen LogP contribution < -0.4 is 0 Å². The third kappa shape index (κ3) is 4.06. The molecule has 1 amide bonds. The van der Waals surface area contributed by atoms with Crippen molar-refractivity contribution in [2.24, 2.45) is 5.92 Å². The molecule has 2 aliphatic rings. The van der Waals surface area contributed by atoms with Crippen molar-refractivity contribution in [2.45, 2.75) is 44.5 Å². The van der Waals surface area contributed by atoms with Gasteiger partial charge in [0.05, 0.1) is 17.8 Å². The molecule has 1 fully saturated rings. The molecule has 1 aromatic heterocycles. The fraction of sp³-hybridized carbons (Fsp3) is 0.500. The zero-order valence-corrected chi connectivity index (χ0v) is 16.0. The SMILES string of the molecule is O=C(CC1CCc2nc(-c3ccc(C(F)(F)F)cc3)sc2C1)N1CC[C@H](F)C1. The summed E-state index contributed by atoms with van der Waals surface area (Å²) < 4.78 is 51.5. The van der Waals surface area contributed by atoms with Crippen molar-refractivity contribution in [2.75, 3.05) is 13.1 Å². The number of alkyl halides is 4. The van der Waals surface area contributed by atoms with Crippen molar-refractivity contribution in [3.05, 3.63) is 40.4 Å². The number of thiazole rings is 1. The number of carbonyl (C=O) groups excluding carboxylic acids is 1. The molecule has 2 heterocycles. The van der Waals surface area contributed by atoms with Crippen LogP contribution in [0.2, 0.25) is 0 Å². The van der Waals surface area contributed by atoms with Crippen LogP contribution in [0.5, 0.6) is 0 Å². The summed E-state index contributed by atoms with van der Waals surface area (Å²) in [6, 6.07) is 5.06. The standard InChI is InChI=1S/C20H20F4N2OS/c21-15-7-8-26(11-15)18(27)10-12-1-6-16-17(9-12)28-19(25-16)13-2-4-14(5-3-13)20(22,23)24/h2-5,12,15H,1,6-11H2/t12?,15-/m0/s1. The minimum atomic E-state index is -4.35. The van der Waals surface area contributed by atoms with Gasteiger partial charge in [0.1, 0.15) is 11.2 Å². The van der Waals surface area contributed by atoms with Gasteiger partial charge in [0.2, 0.25) is 5.91 Å². The Labute approximate surface area is 164 Å². The number of rotatable bonds is 3. The van der Waals surface area contributed by atoms with Gasteiger partial charge in [0.25, 0.3) is 0 Å². The fourth-order valence-corrected chi connectivity index (χ4v) is 5.09. The van der Waals surface area contributed by atoms with Crippen molar-refractivity contribution in [3.63, 3.8) is 0 Å². The zero-order chi connectivity index (χ0) is 19.9. The van der Waals surface area contributed by atoms with Crippen molar-refractivity contribution in [1.29, 1.82) is 0 Å². The molecule has 1 saturated heterocycles. The molecule has 2 atom stereocenters. The van der Waals surface area contributed by atoms with E-state index in [1.54, 1.807) is 4.90 Å². The lowest BCUT2D eigenvalue weighted by Crippen LogP contribution is -2.31. The predicted octanol–water partition coefficient (Wildman–Crippen LogP) is 4.89. The maximum atomic E-state index is 13.3. The number of amides is 1. The van der Waals surface area contributed by atoms with Crippen molar-refractivity contribution >= 4 is 17.2 Å². The molecule has 3 nitrogen and oxygen atoms in total. The topological polar surface area (TPSA) is 33.2 Å². The molecular weight excluding hydrogens is 392 g/mol. The lowest BCUT2D eigenvalue weighted by molar-refractivity contribution is -0.137. The largest absolute Gasteiger partial charge is 0.416 e. The van der Waals surface area contributed by atoms with Gasteiger partial charge < -0.3 is 4.90 Å². The summed E-state index contributed by atoms with van der Waals surface area (Å²) in [5, 5.41) is 0.713. The smallest absolute Gasteiger partial charge is 0.340 e. The maximum absolute atomic E-state index is 13.3. The summed E-state index contributed by atoms with van der Waals surface area (Å²) in [5.74, 6) is 0.223. The van der Waals surface area contributed by atoms with Gasteiger partial charge in [0, 0.05) is 23.4 Å². The van der Waals surface area contributed by atoms with Crippen LogP contribution in [0.25, 0.3) is 10.6 Å². The Morgan fingerprint density at radius 3 is 2.61 bits per heavy atom. The van der Waals surface area contributed by atoms with Gasteiger partial charge in [0.15, 0.2) is 0 Å². The Balaban J connectivity index is 1.43. The molecule has 8 heteroatoms. The Kier molecular flexibility index (Phi) is 5.16. The molecule has 2 aromatic rings. The number of halogens is 4. The summed E-state index contributed by atoms with van der Waals surface area (Å²) in [7, 11) is 0. The van der Waals surface area contributed by atoms with Gasteiger partial charge in [-0.2, -0.15) is 13.2 Å². The number of aromatic nitrogens is 1. The van der Waals surface area contributed by atoms with E-state index in [-0.39, 0.29) is 18.4 Å². The average Bonchev–Trinajstić information content (AvgIpc) is 3.27. The molecule has 1 unspecified atom stereocenters. The van der Waals surface area contributed by atoms with Crippen LogP contribution in [0.3, 0.4) is 0 Å². The minimum Gasteiger partial charge on any atom is -0.340 e. The van der Waals surface area contributed by atoms with Gasteiger partial charge in [-0.1, -0.05) is 12.1 Å². The summed E-state index contributed by atoms with van der Waals surface area (Å²) in [6.07, 6.45) is -2.07. The lowest BCUT2D eigenvalue weighted by Gasteiger charge is -2.23. The van der Waals surface area contributed by atoms with E-state index < -0.39 is 17.9 Å². The van der Waals surface area contributed by atoms with Crippen LogP contribution in [0.4, 0.5) is 17.6 Å². The molecule has 1 aromatic carbocycles. The van der Waals surface area contributed by atoms with Crippen LogP contribution >= 0.6 is 11.3 Å². The van der Waals surface area contributed by atoms with E-state index in [4.69, 9.17) is 0 Å². The third-order valence-corrected chi connectivity index (χ3v) is 6.62. The summed E-state index contributed by atoms with van der Waals surface area (Å²) in [4.78, 5) is 19.7. The van der Waals surface area contributed by atoms with Crippen LogP contribution in [-0.2, 0) is 23.8 Å². The molecular formula is C20H20F4N2OS. The second-order valence-electron chi connectivity index (χ2n) is 7.50. The molecule has 0 saturated carbocycles. The number of fused-ring (bicyclic) bond motifs is 1. The Morgan fingerprint density at radius 1 is 1.21 bits per heavy atom. The van der Waals surface area contributed by atoms with E-state index in [0.717, 1.165) is 42.0 Å². The number of likely N-dealkylation sites (tertiary alicyclic amines) is 1. The predicted molar refractivity (Wildman–Crippen MR) is 98.8 cm³/mol. The fourth-order valence-electron chi connectivity index (χ4n) is 3.86. The van der Waals surface area contributed by atoms with E-state index in [1.807, 2.05) is 0 Å². The van der Waals surface area contributed by atoms with E-state index in [2.05, 4.69) is 4.98 Å². The molecule has 0 spiro atoms. The summed E-state index contributed by atoms with van der Waals surface area (Å²) in [5.41, 5.74) is 0.980. The number of carbonyl (C=O) groups is 1. The summed E-state index contributed by atoms with van der Waals surface area (Å²) in [6.45, 7) is 0.700. The Bertz CT molecular complexity index is 862. The number of hydrogen-bond acceptors (Lipinski definition) is 3. The van der Waals surface area contributed by atoms with E-state index in [0.29, 0.717) is 30.0 Å². The van der Waals surface area contributed by atoms with Gasteiger partial charge in [-0.15, -0.1) is 11.3 Å². The quantitative estimate of drug-likeness (QED) is 0.673. The van der Waals surface area contributed by atoms with E-state index in [9.17, 15) is 22.4 Å². The van der Waals surface area contributed by atoms with Crippen LogP contribution in [0.1, 0.15) is 35.4 Å². The first-order valence-electron chi connectivity index (χ1n) is 9.37. The van der Waals surface area contributed by atoms with Gasteiger partial charge >= 0.3 is 6.18 Å². The van der Waals surface area contributed by atoms with E-state index >= 15 is 0 Å². The molecule has 28 heavy (non-hydrogen) atoms. The molecule has 0 radical (unpaired) electrons. The highest BCUT2D eigenvalue weighted by Gasteiger charge is 2.31. The monoisotopic (exact) mass is 412 g/mol. The highest BCUT2D eigenvalue weighted by Crippen LogP contribution is 2.37. The van der Waals surface area contributed by atoms with Crippen molar-refractivity contribution in [3.8, 4) is 10.6 Å². The number of hydrogen-bond donors (Lipinski definition) is 0. The molecule has 0 N–H and O–H groups in total. The number of benzene rings is 1. The average molecular weight is 412 g/mol. The van der Waals surface area contributed by atoms with Crippen LogP contribution in [0, 0.1) is 5.92 Å². The van der Waals surface area contributed by atoms with Crippen molar-refractivity contribution in [1.82, 2.24) is 9.88 Å². The second kappa shape index (κ2) is 7.46. The molecule has 0 bridgehead atoms. The first-order chi connectivity index (χ1) is 13.3. The minimum absolute atomic E-state index is 0.0149. The van der Waals surface area contributed by atoms with Crippen LogP contribution in [0.15, 0.2) is 24.3 Å². The van der Waals surface area contributed by atoms with Gasteiger partial charge in [-0.25, -0.2) is 9.37 Å². The normalized spacial score (nSPS) is 22.4. The Hall–Kier alpha value is -1.96. The molecule has 1 aliphatic carbocycles. The second-order valence-corrected chi connectivity index (χ2v) is 8.59. The third-order valence-electron chi connectivity index (χ3n) is 5.45. The highest BCUT2D eigenvalue weighted by molar-refractivity contribution is 7.15. The lowest BCUT2D eigenvalue weighted by atomic mass is 9.88. The molecule has 4 rings (SSSR count). The zero-order valence-electron chi connectivity index (χ0n) is 15.1. The first-order valence-corrected chi connectivity index (χ1v) is 10.2. The van der Waals surface area contributed by atoms with Gasteiger partial charge in [-0.3, -0.25) is 4.79 Å². The molecule has 1 aliphatic heterocycles. The Morgan fingerprint density at radius 2 is 1.96 bits per heavy atom. The number of nitrogens with zero attached hydrogens (tertiary/aromatic N) is 2. The van der Waals surface area contributed by atoms with Gasteiger partial charge in [-0.05, 0) is 43.7 Å².